The largest absolute Gasteiger partial charge is 0.335 e. The van der Waals surface area contributed by atoms with Gasteiger partial charge in [0, 0.05) is 25.2 Å². The van der Waals surface area contributed by atoms with Crippen molar-refractivity contribution in [1.29, 1.82) is 0 Å². The van der Waals surface area contributed by atoms with Crippen molar-refractivity contribution < 1.29 is 4.79 Å². The summed E-state index contributed by atoms with van der Waals surface area (Å²) in [5, 5.41) is 5.73. The van der Waals surface area contributed by atoms with Gasteiger partial charge in [-0.15, -0.1) is 0 Å². The lowest BCUT2D eigenvalue weighted by atomic mass is 9.90. The first-order chi connectivity index (χ1) is 12.3. The van der Waals surface area contributed by atoms with Crippen molar-refractivity contribution in [2.45, 2.75) is 38.1 Å². The summed E-state index contributed by atoms with van der Waals surface area (Å²) in [4.78, 5) is 17.9. The SMILES string of the molecule is C=CC(=O)N1CC(n2nc(C#CC3CCCCC3)c3cccnc32)C1. The quantitative estimate of drug-likeness (QED) is 0.627. The molecule has 1 saturated carbocycles. The first kappa shape index (κ1) is 15.9. The van der Waals surface area contributed by atoms with Gasteiger partial charge in [-0.1, -0.05) is 31.8 Å². The molecule has 1 saturated heterocycles. The number of carbonyl (C=O) groups excluding carboxylic acids is 1. The van der Waals surface area contributed by atoms with Crippen LogP contribution in [0.1, 0.15) is 43.8 Å². The first-order valence-corrected chi connectivity index (χ1v) is 9.02. The molecule has 128 valence electrons. The third-order valence-corrected chi connectivity index (χ3v) is 5.16. The molecule has 0 atom stereocenters. The van der Waals surface area contributed by atoms with Crippen LogP contribution in [0, 0.1) is 17.8 Å². The lowest BCUT2D eigenvalue weighted by Gasteiger charge is -2.38. The zero-order valence-corrected chi connectivity index (χ0v) is 14.3. The first-order valence-electron chi connectivity index (χ1n) is 9.02. The van der Waals surface area contributed by atoms with Gasteiger partial charge in [-0.3, -0.25) is 4.79 Å². The summed E-state index contributed by atoms with van der Waals surface area (Å²) in [5.41, 5.74) is 1.66. The molecule has 2 aromatic rings. The third-order valence-electron chi connectivity index (χ3n) is 5.16. The van der Waals surface area contributed by atoms with Gasteiger partial charge < -0.3 is 4.90 Å². The summed E-state index contributed by atoms with van der Waals surface area (Å²) in [6.45, 7) is 4.83. The maximum absolute atomic E-state index is 11.7. The van der Waals surface area contributed by atoms with E-state index in [1.165, 1.54) is 38.2 Å². The normalized spacial score (nSPS) is 18.5. The number of amides is 1. The highest BCUT2D eigenvalue weighted by atomic mass is 16.2. The van der Waals surface area contributed by atoms with E-state index in [0.717, 1.165) is 16.7 Å². The second-order valence-electron chi connectivity index (χ2n) is 6.87. The Kier molecular flexibility index (Phi) is 4.27. The van der Waals surface area contributed by atoms with Gasteiger partial charge in [0.1, 0.15) is 5.69 Å². The molecule has 2 aliphatic rings. The molecule has 25 heavy (non-hydrogen) atoms. The molecule has 1 amide bonds. The Morgan fingerprint density at radius 1 is 1.28 bits per heavy atom. The fourth-order valence-corrected chi connectivity index (χ4v) is 3.66. The van der Waals surface area contributed by atoms with Gasteiger partial charge in [-0.2, -0.15) is 5.10 Å². The molecular formula is C20H22N4O. The minimum Gasteiger partial charge on any atom is -0.335 e. The smallest absolute Gasteiger partial charge is 0.246 e. The minimum atomic E-state index is -0.0296. The maximum atomic E-state index is 11.7. The highest BCUT2D eigenvalue weighted by Gasteiger charge is 2.33. The van der Waals surface area contributed by atoms with Crippen molar-refractivity contribution in [2.24, 2.45) is 5.92 Å². The highest BCUT2D eigenvalue weighted by molar-refractivity contribution is 5.88. The summed E-state index contributed by atoms with van der Waals surface area (Å²) < 4.78 is 1.94. The van der Waals surface area contributed by atoms with E-state index in [4.69, 9.17) is 5.10 Å². The number of fused-ring (bicyclic) bond motifs is 1. The van der Waals surface area contributed by atoms with Crippen LogP contribution < -0.4 is 0 Å². The number of pyridine rings is 1. The van der Waals surface area contributed by atoms with Crippen molar-refractivity contribution in [3.05, 3.63) is 36.7 Å². The number of aromatic nitrogens is 3. The zero-order valence-electron chi connectivity index (χ0n) is 14.3. The monoisotopic (exact) mass is 334 g/mol. The van der Waals surface area contributed by atoms with Gasteiger partial charge in [0.25, 0.3) is 0 Å². The van der Waals surface area contributed by atoms with Gasteiger partial charge in [0.2, 0.25) is 5.91 Å². The Morgan fingerprint density at radius 3 is 2.84 bits per heavy atom. The fraction of sp³-hybridized carbons (Fsp3) is 0.450. The Hall–Kier alpha value is -2.61. The predicted octanol–water partition coefficient (Wildman–Crippen LogP) is 2.93. The average molecular weight is 334 g/mol. The van der Waals surface area contributed by atoms with Crippen LogP contribution in [0.4, 0.5) is 0 Å². The summed E-state index contributed by atoms with van der Waals surface area (Å²) in [5.74, 6) is 7.20. The van der Waals surface area contributed by atoms with E-state index in [1.54, 1.807) is 11.1 Å². The van der Waals surface area contributed by atoms with Crippen molar-refractivity contribution in [3.63, 3.8) is 0 Å². The molecule has 0 aromatic carbocycles. The number of rotatable bonds is 2. The van der Waals surface area contributed by atoms with Crippen molar-refractivity contribution in [1.82, 2.24) is 19.7 Å². The van der Waals surface area contributed by atoms with Gasteiger partial charge in [0.05, 0.1) is 11.4 Å². The predicted molar refractivity (Wildman–Crippen MR) is 96.8 cm³/mol. The molecule has 5 nitrogen and oxygen atoms in total. The number of nitrogens with zero attached hydrogens (tertiary/aromatic N) is 4. The molecule has 4 rings (SSSR count). The van der Waals surface area contributed by atoms with Gasteiger partial charge in [-0.05, 0) is 37.0 Å². The molecule has 2 aromatic heterocycles. The summed E-state index contributed by atoms with van der Waals surface area (Å²) >= 11 is 0. The molecule has 0 N–H and O–H groups in total. The van der Waals surface area contributed by atoms with Crippen molar-refractivity contribution in [2.75, 3.05) is 13.1 Å². The summed E-state index contributed by atoms with van der Waals surface area (Å²) in [7, 11) is 0. The number of carbonyl (C=O) groups is 1. The molecule has 0 bridgehead atoms. The van der Waals surface area contributed by atoms with E-state index in [1.807, 2.05) is 16.8 Å². The van der Waals surface area contributed by atoms with Gasteiger partial charge >= 0.3 is 0 Å². The van der Waals surface area contributed by atoms with Crippen LogP contribution in [0.5, 0.6) is 0 Å². The zero-order chi connectivity index (χ0) is 17.2. The minimum absolute atomic E-state index is 0.0296. The summed E-state index contributed by atoms with van der Waals surface area (Å²) in [6.07, 6.45) is 9.44. The van der Waals surface area contributed by atoms with E-state index < -0.39 is 0 Å². The van der Waals surface area contributed by atoms with E-state index in [0.29, 0.717) is 19.0 Å². The van der Waals surface area contributed by atoms with E-state index >= 15 is 0 Å². The third kappa shape index (κ3) is 3.05. The van der Waals surface area contributed by atoms with Crippen LogP contribution in [0.25, 0.3) is 11.0 Å². The number of hydrogen-bond donors (Lipinski definition) is 0. The number of likely N-dealkylation sites (tertiary alicyclic amines) is 1. The molecule has 5 heteroatoms. The van der Waals surface area contributed by atoms with Gasteiger partial charge in [0.15, 0.2) is 5.65 Å². The molecule has 1 aliphatic carbocycles. The van der Waals surface area contributed by atoms with Crippen molar-refractivity contribution in [3.8, 4) is 11.8 Å². The van der Waals surface area contributed by atoms with Crippen LogP contribution in [0.3, 0.4) is 0 Å². The highest BCUT2D eigenvalue weighted by Crippen LogP contribution is 2.27. The molecule has 1 aliphatic heterocycles. The fourth-order valence-electron chi connectivity index (χ4n) is 3.66. The van der Waals surface area contributed by atoms with E-state index in [9.17, 15) is 4.79 Å². The van der Waals surface area contributed by atoms with Crippen LogP contribution in [0.15, 0.2) is 31.0 Å². The Labute approximate surface area is 147 Å². The van der Waals surface area contributed by atoms with Crippen LogP contribution in [0.2, 0.25) is 0 Å². The van der Waals surface area contributed by atoms with Crippen LogP contribution in [-0.2, 0) is 4.79 Å². The molecule has 2 fully saturated rings. The molecule has 3 heterocycles. The van der Waals surface area contributed by atoms with E-state index in [-0.39, 0.29) is 11.9 Å². The average Bonchev–Trinajstić information content (AvgIpc) is 2.98. The summed E-state index contributed by atoms with van der Waals surface area (Å²) in [6, 6.07) is 4.11. The van der Waals surface area contributed by atoms with Crippen molar-refractivity contribution >= 4 is 16.9 Å². The van der Waals surface area contributed by atoms with Crippen LogP contribution >= 0.6 is 0 Å². The molecule has 0 unspecified atom stereocenters. The Morgan fingerprint density at radius 2 is 2.08 bits per heavy atom. The van der Waals surface area contributed by atoms with E-state index in [2.05, 4.69) is 23.4 Å². The molecule has 0 spiro atoms. The molecule has 0 radical (unpaired) electrons. The second kappa shape index (κ2) is 6.72. The second-order valence-corrected chi connectivity index (χ2v) is 6.87. The lowest BCUT2D eigenvalue weighted by Crippen LogP contribution is -2.50. The Bertz CT molecular complexity index is 861. The molecular weight excluding hydrogens is 312 g/mol. The topological polar surface area (TPSA) is 51.0 Å². The number of hydrogen-bond acceptors (Lipinski definition) is 3. The van der Waals surface area contributed by atoms with Gasteiger partial charge in [-0.25, -0.2) is 9.67 Å². The maximum Gasteiger partial charge on any atom is 0.246 e. The standard InChI is InChI=1S/C20H22N4O/c1-2-19(25)23-13-16(14-23)24-20-17(9-6-12-21-20)18(22-24)11-10-15-7-4-3-5-8-15/h2,6,9,12,15-16H,1,3-5,7-8,13-14H2. The van der Waals surface area contributed by atoms with Crippen LogP contribution in [-0.4, -0.2) is 38.7 Å². The Balaban J connectivity index is 1.60. The lowest BCUT2D eigenvalue weighted by molar-refractivity contribution is -0.131.